The van der Waals surface area contributed by atoms with Crippen molar-refractivity contribution in [2.24, 2.45) is 5.92 Å². The summed E-state index contributed by atoms with van der Waals surface area (Å²) in [4.78, 5) is 11.2. The molecular formula is C15H22N4S. The summed E-state index contributed by atoms with van der Waals surface area (Å²) in [7, 11) is 0. The number of thiophene rings is 1. The molecule has 3 rings (SSSR count). The lowest BCUT2D eigenvalue weighted by molar-refractivity contribution is 0.204. The number of likely N-dealkylation sites (tertiary alicyclic amines) is 1. The highest BCUT2D eigenvalue weighted by atomic mass is 32.1. The van der Waals surface area contributed by atoms with Gasteiger partial charge in [-0.3, -0.25) is 0 Å². The molecule has 0 saturated carbocycles. The van der Waals surface area contributed by atoms with E-state index in [1.54, 1.807) is 17.7 Å². The average Bonchev–Trinajstić information content (AvgIpc) is 2.95. The second-order valence-electron chi connectivity index (χ2n) is 5.70. The highest BCUT2D eigenvalue weighted by Crippen LogP contribution is 2.24. The monoisotopic (exact) mass is 290 g/mol. The molecule has 3 heterocycles. The molecule has 1 saturated heterocycles. The fourth-order valence-electron chi connectivity index (χ4n) is 2.83. The van der Waals surface area contributed by atoms with Crippen molar-refractivity contribution in [1.29, 1.82) is 0 Å². The Morgan fingerprint density at radius 3 is 3.00 bits per heavy atom. The van der Waals surface area contributed by atoms with Crippen molar-refractivity contribution in [2.45, 2.75) is 26.2 Å². The van der Waals surface area contributed by atoms with Crippen LogP contribution in [0.15, 0.2) is 17.8 Å². The zero-order valence-electron chi connectivity index (χ0n) is 12.0. The standard InChI is InChI=1S/C15H22N4S/c1-12(10-19-6-3-2-4-7-19)9-16-15-14-13(5-8-20-14)17-11-18-15/h5,8,11-12H,2-4,6-7,9-10H2,1H3,(H,16,17,18)/t12-/m1/s1. The second-order valence-corrected chi connectivity index (χ2v) is 6.62. The number of fused-ring (bicyclic) bond motifs is 1. The molecule has 0 aliphatic carbocycles. The Morgan fingerprint density at radius 1 is 1.30 bits per heavy atom. The fraction of sp³-hybridized carbons (Fsp3) is 0.600. The number of anilines is 1. The van der Waals surface area contributed by atoms with E-state index in [0.29, 0.717) is 5.92 Å². The third-order valence-electron chi connectivity index (χ3n) is 3.88. The van der Waals surface area contributed by atoms with Gasteiger partial charge in [-0.25, -0.2) is 9.97 Å². The van der Waals surface area contributed by atoms with Gasteiger partial charge in [0.25, 0.3) is 0 Å². The molecule has 1 atom stereocenters. The maximum atomic E-state index is 4.37. The highest BCUT2D eigenvalue weighted by Gasteiger charge is 2.14. The van der Waals surface area contributed by atoms with Gasteiger partial charge in [-0.2, -0.15) is 0 Å². The molecule has 1 aliphatic rings. The Hall–Kier alpha value is -1.20. The normalized spacial score (nSPS) is 18.2. The molecule has 108 valence electrons. The number of nitrogens with one attached hydrogen (secondary N) is 1. The quantitative estimate of drug-likeness (QED) is 0.918. The zero-order valence-corrected chi connectivity index (χ0v) is 12.8. The molecule has 0 spiro atoms. The summed E-state index contributed by atoms with van der Waals surface area (Å²) >= 11 is 1.70. The Kier molecular flexibility index (Phi) is 4.47. The van der Waals surface area contributed by atoms with E-state index in [9.17, 15) is 0 Å². The number of piperidine rings is 1. The van der Waals surface area contributed by atoms with Crippen LogP contribution in [-0.4, -0.2) is 41.0 Å². The van der Waals surface area contributed by atoms with Gasteiger partial charge in [-0.15, -0.1) is 11.3 Å². The molecule has 0 aromatic carbocycles. The van der Waals surface area contributed by atoms with Crippen LogP contribution in [0.1, 0.15) is 26.2 Å². The summed E-state index contributed by atoms with van der Waals surface area (Å²) in [5.74, 6) is 1.62. The van der Waals surface area contributed by atoms with Crippen LogP contribution >= 0.6 is 11.3 Å². The molecule has 2 aromatic rings. The molecule has 20 heavy (non-hydrogen) atoms. The van der Waals surface area contributed by atoms with Crippen LogP contribution in [0.5, 0.6) is 0 Å². The van der Waals surface area contributed by atoms with Crippen LogP contribution in [0.25, 0.3) is 10.2 Å². The maximum Gasteiger partial charge on any atom is 0.147 e. The minimum Gasteiger partial charge on any atom is -0.368 e. The van der Waals surface area contributed by atoms with E-state index in [2.05, 4.69) is 32.5 Å². The molecule has 0 amide bonds. The van der Waals surface area contributed by atoms with Gasteiger partial charge in [0.1, 0.15) is 12.1 Å². The fourth-order valence-corrected chi connectivity index (χ4v) is 3.64. The molecular weight excluding hydrogens is 268 g/mol. The first-order valence-corrected chi connectivity index (χ1v) is 8.35. The van der Waals surface area contributed by atoms with Crippen molar-refractivity contribution < 1.29 is 0 Å². The summed E-state index contributed by atoms with van der Waals surface area (Å²) in [6.07, 6.45) is 5.77. The van der Waals surface area contributed by atoms with Crippen LogP contribution in [0, 0.1) is 5.92 Å². The van der Waals surface area contributed by atoms with E-state index >= 15 is 0 Å². The molecule has 0 radical (unpaired) electrons. The summed E-state index contributed by atoms with van der Waals surface area (Å²) in [6, 6.07) is 2.05. The van der Waals surface area contributed by atoms with Gasteiger partial charge in [0.05, 0.1) is 10.2 Å². The van der Waals surface area contributed by atoms with Gasteiger partial charge in [0.2, 0.25) is 0 Å². The van der Waals surface area contributed by atoms with E-state index in [1.165, 1.54) is 38.9 Å². The van der Waals surface area contributed by atoms with Gasteiger partial charge < -0.3 is 10.2 Å². The van der Waals surface area contributed by atoms with E-state index in [0.717, 1.165) is 22.6 Å². The predicted molar refractivity (Wildman–Crippen MR) is 85.4 cm³/mol. The van der Waals surface area contributed by atoms with Crippen LogP contribution < -0.4 is 5.32 Å². The zero-order chi connectivity index (χ0) is 13.8. The number of hydrogen-bond donors (Lipinski definition) is 1. The van der Waals surface area contributed by atoms with Crippen molar-refractivity contribution in [1.82, 2.24) is 14.9 Å². The van der Waals surface area contributed by atoms with Crippen molar-refractivity contribution in [3.8, 4) is 0 Å². The Labute approximate surface area is 124 Å². The van der Waals surface area contributed by atoms with Gasteiger partial charge >= 0.3 is 0 Å². The van der Waals surface area contributed by atoms with Crippen molar-refractivity contribution in [3.63, 3.8) is 0 Å². The predicted octanol–water partition coefficient (Wildman–Crippen LogP) is 3.23. The molecule has 5 heteroatoms. The first-order chi connectivity index (χ1) is 9.83. The van der Waals surface area contributed by atoms with Gasteiger partial charge in [-0.1, -0.05) is 13.3 Å². The van der Waals surface area contributed by atoms with Gasteiger partial charge in [-0.05, 0) is 43.3 Å². The van der Waals surface area contributed by atoms with Crippen LogP contribution in [0.2, 0.25) is 0 Å². The van der Waals surface area contributed by atoms with Crippen LogP contribution in [0.3, 0.4) is 0 Å². The van der Waals surface area contributed by atoms with Gasteiger partial charge in [0.15, 0.2) is 0 Å². The van der Waals surface area contributed by atoms with E-state index < -0.39 is 0 Å². The summed E-state index contributed by atoms with van der Waals surface area (Å²) in [5.41, 5.74) is 1.04. The first kappa shape index (κ1) is 13.8. The van der Waals surface area contributed by atoms with Crippen molar-refractivity contribution in [2.75, 3.05) is 31.5 Å². The van der Waals surface area contributed by atoms with Gasteiger partial charge in [0, 0.05) is 13.1 Å². The summed E-state index contributed by atoms with van der Waals surface area (Å²) < 4.78 is 1.16. The molecule has 1 fully saturated rings. The minimum atomic E-state index is 0.637. The lowest BCUT2D eigenvalue weighted by Gasteiger charge is -2.29. The van der Waals surface area contributed by atoms with E-state index in [4.69, 9.17) is 0 Å². The Morgan fingerprint density at radius 2 is 2.15 bits per heavy atom. The van der Waals surface area contributed by atoms with Crippen molar-refractivity contribution >= 4 is 27.4 Å². The third-order valence-corrected chi connectivity index (χ3v) is 4.79. The average molecular weight is 290 g/mol. The van der Waals surface area contributed by atoms with Crippen LogP contribution in [0.4, 0.5) is 5.82 Å². The van der Waals surface area contributed by atoms with Crippen LogP contribution in [-0.2, 0) is 0 Å². The number of aromatic nitrogens is 2. The van der Waals surface area contributed by atoms with E-state index in [1.807, 2.05) is 6.07 Å². The molecule has 4 nitrogen and oxygen atoms in total. The number of rotatable bonds is 5. The highest BCUT2D eigenvalue weighted by molar-refractivity contribution is 7.17. The topological polar surface area (TPSA) is 41.1 Å². The minimum absolute atomic E-state index is 0.637. The molecule has 2 aromatic heterocycles. The molecule has 1 N–H and O–H groups in total. The lowest BCUT2D eigenvalue weighted by atomic mass is 10.1. The second kappa shape index (κ2) is 6.50. The largest absolute Gasteiger partial charge is 0.368 e. The molecule has 1 aliphatic heterocycles. The van der Waals surface area contributed by atoms with Crippen molar-refractivity contribution in [3.05, 3.63) is 17.8 Å². The lowest BCUT2D eigenvalue weighted by Crippen LogP contribution is -2.35. The smallest absolute Gasteiger partial charge is 0.147 e. The Bertz CT molecular complexity index is 548. The molecule has 0 bridgehead atoms. The SMILES string of the molecule is C[C@H](CNc1ncnc2ccsc12)CN1CCCCC1. The number of hydrogen-bond acceptors (Lipinski definition) is 5. The molecule has 0 unspecified atom stereocenters. The Balaban J connectivity index is 1.54. The van der Waals surface area contributed by atoms with E-state index in [-0.39, 0.29) is 0 Å². The number of nitrogens with zero attached hydrogens (tertiary/aromatic N) is 3. The maximum absolute atomic E-state index is 4.37. The third kappa shape index (κ3) is 3.27. The summed E-state index contributed by atoms with van der Waals surface area (Å²) in [5, 5.41) is 5.57. The first-order valence-electron chi connectivity index (χ1n) is 7.47. The summed E-state index contributed by atoms with van der Waals surface area (Å²) in [6.45, 7) is 7.01.